The SMILES string of the molecule is C=C(Br)CCO.C=C(Br)CCO[Si](C)(C)C(C)(C)C.C=C(CCC)C(=O)c1cc([N+](=O)[O-])ccc1F.C=C(CCC)C(O)c1cc([N+](=O)[O-])ccc1F.CC(C)(C)OC(=O)NC1=N[C@@]2(c3cc(NC(=O)c4ccc(Br)cn4)ccc3F)OCC[C@H]2CS1.CCCC(CSC(=N)N)C(=O)c1cc([N+](=O)[O-])ccc1F.COc1cc([N+](=O)[O-])ccc1F. The molecule has 6 aromatic rings. The lowest BCUT2D eigenvalue weighted by Gasteiger charge is -2.36. The second-order valence-electron chi connectivity index (χ2n) is 28.7. The Hall–Kier alpha value is -9.32. The molecule has 0 radical (unpaired) electrons. The van der Waals surface area contributed by atoms with E-state index in [1.54, 1.807) is 32.9 Å². The predicted molar refractivity (Wildman–Crippen MR) is 470 cm³/mol. The van der Waals surface area contributed by atoms with Crippen molar-refractivity contribution in [2.24, 2.45) is 22.6 Å². The summed E-state index contributed by atoms with van der Waals surface area (Å²) in [6.45, 7) is 38.1. The Labute approximate surface area is 727 Å². The summed E-state index contributed by atoms with van der Waals surface area (Å²) in [4.78, 5) is 97.2. The summed E-state index contributed by atoms with van der Waals surface area (Å²) < 4.78 is 92.9. The summed E-state index contributed by atoms with van der Waals surface area (Å²) in [6, 6.07) is 19.5. The number of aliphatic hydroxyl groups excluding tert-OH is 2. The number of thioether (sulfide) groups is 2. The largest absolute Gasteiger partial charge is 0.493 e. The molecular weight excluding hydrogens is 1830 g/mol. The maximum Gasteiger partial charge on any atom is 0.413 e. The number of allylic oxidation sites excluding steroid dienone is 1. The van der Waals surface area contributed by atoms with E-state index < -0.39 is 104 Å². The summed E-state index contributed by atoms with van der Waals surface area (Å²) in [7, 11) is -0.282. The molecule has 2 amide bonds. The topological polar surface area (TPSA) is 417 Å². The first-order valence-electron chi connectivity index (χ1n) is 36.8. The molecule has 1 aromatic heterocycles. The molecule has 0 spiro atoms. The number of amidine groups is 2. The second-order valence-corrected chi connectivity index (χ2v) is 38.7. The molecule has 4 atom stereocenters. The van der Waals surface area contributed by atoms with E-state index in [1.165, 1.54) is 43.3 Å². The number of nitro benzene ring substituents is 4. The highest BCUT2D eigenvalue weighted by Crippen LogP contribution is 2.49. The number of pyridine rings is 1. The molecule has 0 saturated carbocycles. The van der Waals surface area contributed by atoms with Gasteiger partial charge in [0.15, 0.2) is 47.5 Å². The van der Waals surface area contributed by atoms with Gasteiger partial charge in [-0.05, 0) is 155 Å². The van der Waals surface area contributed by atoms with E-state index in [0.29, 0.717) is 78.8 Å². The molecule has 654 valence electrons. The average Bonchev–Trinajstić information content (AvgIpc) is 1.59. The molecular formula is C81H100Br3F5N10O18S2Si. The average molecular weight is 1930 g/mol. The molecule has 3 heterocycles. The minimum Gasteiger partial charge on any atom is -0.493 e. The maximum atomic E-state index is 15.1. The monoisotopic (exact) mass is 1920 g/mol. The van der Waals surface area contributed by atoms with Crippen LogP contribution in [0.1, 0.15) is 169 Å². The molecule has 2 aliphatic heterocycles. The van der Waals surface area contributed by atoms with Gasteiger partial charge in [-0.15, -0.1) is 0 Å². The molecule has 28 nitrogen and oxygen atoms in total. The number of nitrogens with zero attached hydrogens (tertiary/aromatic N) is 6. The Kier molecular flexibility index (Phi) is 45.8. The summed E-state index contributed by atoms with van der Waals surface area (Å²) in [5.74, 6) is -4.75. The van der Waals surface area contributed by atoms with Gasteiger partial charge in [0, 0.05) is 119 Å². The number of nitrogens with two attached hydrogens (primary N) is 1. The quantitative estimate of drug-likeness (QED) is 0.00306. The van der Waals surface area contributed by atoms with E-state index >= 15 is 4.39 Å². The zero-order chi connectivity index (χ0) is 91.3. The lowest BCUT2D eigenvalue weighted by molar-refractivity contribution is -0.385. The number of Topliss-reactive ketones (excluding diaryl/α,β-unsaturated/α-hetero) is 2. The van der Waals surface area contributed by atoms with E-state index in [-0.39, 0.29) is 85.5 Å². The number of nitro groups is 4. The second kappa shape index (κ2) is 51.4. The van der Waals surface area contributed by atoms with Crippen molar-refractivity contribution in [1.29, 1.82) is 5.41 Å². The molecule has 7 N–H and O–H groups in total. The van der Waals surface area contributed by atoms with Gasteiger partial charge in [0.05, 0.1) is 50.6 Å². The van der Waals surface area contributed by atoms with Crippen molar-refractivity contribution < 1.29 is 89.7 Å². The van der Waals surface area contributed by atoms with Crippen molar-refractivity contribution in [3.63, 3.8) is 0 Å². The van der Waals surface area contributed by atoms with Crippen LogP contribution >= 0.6 is 71.3 Å². The third kappa shape index (κ3) is 36.2. The summed E-state index contributed by atoms with van der Waals surface area (Å²) >= 11 is 12.1. The molecule has 8 rings (SSSR count). The number of fused-ring (bicyclic) bond motifs is 1. The molecule has 1 saturated heterocycles. The molecule has 0 aliphatic carbocycles. The third-order valence-corrected chi connectivity index (χ3v) is 24.9. The van der Waals surface area contributed by atoms with Crippen molar-refractivity contribution in [3.05, 3.63) is 258 Å². The summed E-state index contributed by atoms with van der Waals surface area (Å²) in [5, 5.41) is 73.0. The number of amides is 2. The zero-order valence-electron chi connectivity index (χ0n) is 68.4. The smallest absolute Gasteiger partial charge is 0.413 e. The fourth-order valence-corrected chi connectivity index (χ4v) is 13.5. The predicted octanol–water partition coefficient (Wildman–Crippen LogP) is 21.7. The normalized spacial score (nSPS) is 14.2. The highest BCUT2D eigenvalue weighted by Gasteiger charge is 2.50. The lowest BCUT2D eigenvalue weighted by atomic mass is 9.89. The number of halogens is 8. The van der Waals surface area contributed by atoms with Crippen molar-refractivity contribution in [2.45, 2.75) is 156 Å². The Morgan fingerprint density at radius 3 is 1.74 bits per heavy atom. The van der Waals surface area contributed by atoms with Gasteiger partial charge in [-0.1, -0.05) is 143 Å². The maximum absolute atomic E-state index is 15.1. The zero-order valence-corrected chi connectivity index (χ0v) is 75.8. The van der Waals surface area contributed by atoms with E-state index in [9.17, 15) is 82.3 Å². The minimum atomic E-state index is -1.53. The van der Waals surface area contributed by atoms with Gasteiger partial charge in [-0.25, -0.2) is 36.7 Å². The number of ether oxygens (including phenoxy) is 3. The van der Waals surface area contributed by atoms with Gasteiger partial charge in [0.1, 0.15) is 40.7 Å². The number of nitrogens with one attached hydrogen (secondary N) is 3. The Bertz CT molecular complexity index is 4660. The van der Waals surface area contributed by atoms with E-state index in [4.69, 9.17) is 30.1 Å². The highest BCUT2D eigenvalue weighted by atomic mass is 79.9. The van der Waals surface area contributed by atoms with E-state index in [2.05, 4.69) is 133 Å². The number of hydrogen-bond acceptors (Lipinski definition) is 23. The van der Waals surface area contributed by atoms with Crippen LogP contribution in [-0.2, 0) is 19.6 Å². The van der Waals surface area contributed by atoms with Crippen LogP contribution in [-0.4, -0.2) is 121 Å². The number of alkyl carbamates (subject to hydrolysis) is 1. The number of anilines is 1. The number of aliphatic hydroxyl groups is 2. The number of ketones is 2. The number of rotatable bonds is 28. The number of non-ortho nitro benzene ring substituents is 4. The standard InChI is InChI=1S/C23H24BrFN4O4S.C13H16FN3O3S.C12H14FNO3.C12H12FNO3.C10H21BrOSi.C7H6FNO3.C4H7BrO/c1-22(2,3)33-21(31)28-20-29-23(13(12-34-20)8-9-32-23)16-10-15(5-6-17(16)25)27-19(30)18-7-4-14(24)11-26-18;1-2-3-8(7-21-13(15)16)12(18)10-6-9(17(19)20)4-5-11(10)14;2*1-3-4-8(2)12(15)10-7-9(14(16)17)5-6-11(10)13;1-9(11)7-8-12-13(5,6)10(2,3)4;1-12-7-4-5(9(10)11)2-3-6(7)8;1-4(5)2-3-6/h4-7,10-11,13H,8-9,12H2,1-3H3,(H,27,30)(H,28,29,31);4-6,8H,2-3,7H2,1H3,(H3,15,16);5-7,12,15H,2-4H2,1H3;5-7H,2-4H2,1H3;1,7-8H2,2-6H3;2-4H,1H3;6H,1-3H2/t13-,23+;;;;;;/m0....../s1. The fourth-order valence-electron chi connectivity index (χ4n) is 10.1. The summed E-state index contributed by atoms with van der Waals surface area (Å²) in [6.07, 6.45) is 5.60. The number of methoxy groups -OCH3 is 1. The van der Waals surface area contributed by atoms with Crippen molar-refractivity contribution >= 4 is 142 Å². The van der Waals surface area contributed by atoms with Gasteiger partial charge < -0.3 is 39.9 Å². The van der Waals surface area contributed by atoms with Crippen LogP contribution in [0.25, 0.3) is 0 Å². The fraction of sp³-hybridized carbons (Fsp3) is 0.395. The molecule has 2 aliphatic rings. The van der Waals surface area contributed by atoms with Crippen molar-refractivity contribution in [1.82, 2.24) is 10.3 Å². The van der Waals surface area contributed by atoms with Crippen LogP contribution in [0.4, 0.5) is 55.2 Å². The first-order chi connectivity index (χ1) is 55.9. The van der Waals surface area contributed by atoms with Gasteiger partial charge in [0.25, 0.3) is 28.7 Å². The first-order valence-corrected chi connectivity index (χ1v) is 44.1. The molecule has 1 fully saturated rings. The van der Waals surface area contributed by atoms with Crippen LogP contribution in [0.2, 0.25) is 18.1 Å². The van der Waals surface area contributed by atoms with Crippen LogP contribution in [0.3, 0.4) is 0 Å². The number of benzene rings is 5. The van der Waals surface area contributed by atoms with Crippen LogP contribution in [0.15, 0.2) is 165 Å². The lowest BCUT2D eigenvalue weighted by Crippen LogP contribution is -2.42. The summed E-state index contributed by atoms with van der Waals surface area (Å²) in [5.41, 5.74) is 3.02. The van der Waals surface area contributed by atoms with E-state index in [1.807, 2.05) is 20.8 Å². The van der Waals surface area contributed by atoms with Crippen LogP contribution < -0.4 is 21.1 Å². The van der Waals surface area contributed by atoms with Gasteiger partial charge >= 0.3 is 6.09 Å². The highest BCUT2D eigenvalue weighted by molar-refractivity contribution is 9.12. The number of aromatic nitrogens is 1. The molecule has 120 heavy (non-hydrogen) atoms. The van der Waals surface area contributed by atoms with Crippen LogP contribution in [0.5, 0.6) is 5.75 Å². The Morgan fingerprint density at radius 2 is 1.26 bits per heavy atom. The van der Waals surface area contributed by atoms with Crippen LogP contribution in [0, 0.1) is 86.8 Å². The molecule has 2 unspecified atom stereocenters. The Balaban J connectivity index is 0.000000500. The third-order valence-electron chi connectivity index (χ3n) is 17.2. The minimum absolute atomic E-state index is 0.0994. The van der Waals surface area contributed by atoms with Gasteiger partial charge in [-0.2, -0.15) is 0 Å². The number of hydrogen-bond donors (Lipinski definition) is 6. The molecule has 0 bridgehead atoms. The Morgan fingerprint density at radius 1 is 0.733 bits per heavy atom. The van der Waals surface area contributed by atoms with Crippen molar-refractivity contribution in [2.75, 3.05) is 43.8 Å². The molecule has 39 heteroatoms. The number of aliphatic imine (C=N–C) groups is 1. The number of carbonyl (C=O) groups is 4. The van der Waals surface area contributed by atoms with Crippen molar-refractivity contribution in [3.8, 4) is 5.75 Å². The van der Waals surface area contributed by atoms with Gasteiger partial charge in [0.2, 0.25) is 0 Å². The number of carbonyl (C=O) groups excluding carboxylic acids is 4. The molecule has 5 aromatic carbocycles. The van der Waals surface area contributed by atoms with Gasteiger partial charge in [-0.3, -0.25) is 65.6 Å². The van der Waals surface area contributed by atoms with E-state index in [0.717, 1.165) is 117 Å². The first kappa shape index (κ1) is 107.